The number of nitrogens with zero attached hydrogens (tertiary/aromatic N) is 5. The second-order valence-corrected chi connectivity index (χ2v) is 10.4. The topological polar surface area (TPSA) is 88.9 Å². The molecule has 5 rings (SSSR count). The van der Waals surface area contributed by atoms with Crippen molar-refractivity contribution in [2.45, 2.75) is 103 Å². The molecule has 0 amide bonds. The Labute approximate surface area is 207 Å². The Kier molecular flexibility index (Phi) is 7.29. The summed E-state index contributed by atoms with van der Waals surface area (Å²) in [7, 11) is 0. The molecule has 0 spiro atoms. The van der Waals surface area contributed by atoms with Crippen molar-refractivity contribution < 1.29 is 4.74 Å². The van der Waals surface area contributed by atoms with Crippen LogP contribution in [0.15, 0.2) is 23.0 Å². The summed E-state index contributed by atoms with van der Waals surface area (Å²) >= 11 is 0. The number of aryl methyl sites for hydroxylation is 2. The normalized spacial score (nSPS) is 20.2. The van der Waals surface area contributed by atoms with Gasteiger partial charge >= 0.3 is 0 Å². The van der Waals surface area contributed by atoms with Gasteiger partial charge in [-0.25, -0.2) is 4.68 Å². The molecule has 2 aromatic heterocycles. The van der Waals surface area contributed by atoms with Crippen LogP contribution in [-0.2, 0) is 17.8 Å². The van der Waals surface area contributed by atoms with Gasteiger partial charge in [-0.15, -0.1) is 5.10 Å². The molecule has 2 aliphatic rings. The van der Waals surface area contributed by atoms with Gasteiger partial charge in [-0.05, 0) is 79.5 Å². The first-order valence-electron chi connectivity index (χ1n) is 13.3. The van der Waals surface area contributed by atoms with Crippen LogP contribution in [0.25, 0.3) is 10.9 Å². The summed E-state index contributed by atoms with van der Waals surface area (Å²) in [4.78, 5) is 18.9. The third-order valence-corrected chi connectivity index (χ3v) is 7.81. The van der Waals surface area contributed by atoms with Crippen molar-refractivity contribution in [3.05, 3.63) is 51.1 Å². The maximum atomic E-state index is 13.2. The molecule has 1 aromatic carbocycles. The lowest BCUT2D eigenvalue weighted by Gasteiger charge is -2.39. The van der Waals surface area contributed by atoms with Crippen LogP contribution in [0, 0.1) is 13.8 Å². The zero-order valence-corrected chi connectivity index (χ0v) is 21.3. The Hall–Kier alpha value is -2.58. The molecule has 0 radical (unpaired) electrons. The number of H-pyrrole nitrogens is 1. The molecule has 1 saturated carbocycles. The summed E-state index contributed by atoms with van der Waals surface area (Å²) in [6.07, 6.45) is 9.23. The van der Waals surface area contributed by atoms with Crippen LogP contribution in [-0.4, -0.2) is 48.8 Å². The largest absolute Gasteiger partial charge is 0.376 e. The Balaban J connectivity index is 1.50. The molecule has 0 bridgehead atoms. The summed E-state index contributed by atoms with van der Waals surface area (Å²) in [5.41, 5.74) is 4.05. The molecule has 35 heavy (non-hydrogen) atoms. The van der Waals surface area contributed by atoms with Crippen molar-refractivity contribution in [3.8, 4) is 0 Å². The number of rotatable bonds is 8. The number of hydrogen-bond donors (Lipinski definition) is 1. The van der Waals surface area contributed by atoms with Crippen LogP contribution < -0.4 is 5.56 Å². The van der Waals surface area contributed by atoms with Gasteiger partial charge in [-0.2, -0.15) is 0 Å². The molecule has 2 fully saturated rings. The molecule has 0 unspecified atom stereocenters. The fourth-order valence-corrected chi connectivity index (χ4v) is 6.08. The van der Waals surface area contributed by atoms with Gasteiger partial charge < -0.3 is 9.72 Å². The van der Waals surface area contributed by atoms with E-state index in [4.69, 9.17) is 4.74 Å². The number of benzene rings is 1. The average Bonchev–Trinajstić information content (AvgIpc) is 3.53. The maximum Gasteiger partial charge on any atom is 0.252 e. The zero-order chi connectivity index (χ0) is 24.4. The molecule has 1 saturated heterocycles. The molecule has 1 aliphatic heterocycles. The number of pyridine rings is 1. The number of tetrazole rings is 1. The SMILES string of the molecule is CC[C@H](c1nnnn1C[C@H]1CCCO1)N(Cc1cc2cc(C)cc(C)c2[nH]c1=O)C1CCCCC1. The molecular weight excluding hydrogens is 440 g/mol. The Morgan fingerprint density at radius 2 is 1.97 bits per heavy atom. The predicted octanol–water partition coefficient (Wildman–Crippen LogP) is 4.60. The quantitative estimate of drug-likeness (QED) is 0.509. The van der Waals surface area contributed by atoms with Gasteiger partial charge in [0, 0.05) is 24.8 Å². The Morgan fingerprint density at radius 1 is 1.14 bits per heavy atom. The molecule has 1 aliphatic carbocycles. The van der Waals surface area contributed by atoms with E-state index in [1.807, 2.05) is 4.68 Å². The monoisotopic (exact) mass is 478 g/mol. The molecular formula is C27H38N6O2. The summed E-state index contributed by atoms with van der Waals surface area (Å²) < 4.78 is 7.81. The van der Waals surface area contributed by atoms with Crippen LogP contribution in [0.4, 0.5) is 0 Å². The highest BCUT2D eigenvalue weighted by Gasteiger charge is 2.32. The summed E-state index contributed by atoms with van der Waals surface area (Å²) in [6.45, 7) is 8.45. The smallest absolute Gasteiger partial charge is 0.252 e. The minimum atomic E-state index is -0.000868. The van der Waals surface area contributed by atoms with Crippen LogP contribution >= 0.6 is 0 Å². The number of aromatic nitrogens is 5. The Morgan fingerprint density at radius 3 is 2.71 bits per heavy atom. The van der Waals surface area contributed by atoms with Crippen LogP contribution in [0.1, 0.15) is 86.8 Å². The summed E-state index contributed by atoms with van der Waals surface area (Å²) in [5, 5.41) is 14.0. The molecule has 8 heteroatoms. The van der Waals surface area contributed by atoms with E-state index in [1.165, 1.54) is 24.8 Å². The van der Waals surface area contributed by atoms with E-state index in [0.29, 0.717) is 19.1 Å². The summed E-state index contributed by atoms with van der Waals surface area (Å²) in [5.74, 6) is 0.887. The second-order valence-electron chi connectivity index (χ2n) is 10.4. The lowest BCUT2D eigenvalue weighted by Crippen LogP contribution is -2.41. The zero-order valence-electron chi connectivity index (χ0n) is 21.3. The van der Waals surface area contributed by atoms with Crippen LogP contribution in [0.5, 0.6) is 0 Å². The Bertz CT molecular complexity index is 1210. The third-order valence-electron chi connectivity index (χ3n) is 7.81. The first kappa shape index (κ1) is 24.1. The fraction of sp³-hybridized carbons (Fsp3) is 0.630. The van der Waals surface area contributed by atoms with Crippen molar-refractivity contribution in [1.82, 2.24) is 30.1 Å². The van der Waals surface area contributed by atoms with Gasteiger partial charge in [0.1, 0.15) is 0 Å². The molecule has 1 N–H and O–H groups in total. The average molecular weight is 479 g/mol. The van der Waals surface area contributed by atoms with Crippen molar-refractivity contribution in [1.29, 1.82) is 0 Å². The van der Waals surface area contributed by atoms with E-state index in [9.17, 15) is 4.79 Å². The fourth-order valence-electron chi connectivity index (χ4n) is 6.08. The second kappa shape index (κ2) is 10.6. The van der Waals surface area contributed by atoms with Gasteiger partial charge in [0.25, 0.3) is 5.56 Å². The van der Waals surface area contributed by atoms with Crippen molar-refractivity contribution >= 4 is 10.9 Å². The van der Waals surface area contributed by atoms with Gasteiger partial charge in [0.2, 0.25) is 0 Å². The standard InChI is InChI=1S/C27H38N6O2/c1-4-24(26-29-30-31-33(26)17-23-11-8-12-35-23)32(22-9-6-5-7-10-22)16-21-15-20-14-18(2)13-19(3)25(20)28-27(21)34/h13-15,22-24H,4-12,16-17H2,1-3H3,(H,28,34)/t23-,24-/m1/s1. The molecule has 188 valence electrons. The van der Waals surface area contributed by atoms with Crippen LogP contribution in [0.2, 0.25) is 0 Å². The minimum absolute atomic E-state index is 0.000868. The van der Waals surface area contributed by atoms with E-state index < -0.39 is 0 Å². The third kappa shape index (κ3) is 5.19. The highest BCUT2D eigenvalue weighted by molar-refractivity contribution is 5.82. The number of ether oxygens (including phenoxy) is 1. The summed E-state index contributed by atoms with van der Waals surface area (Å²) in [6, 6.07) is 6.82. The highest BCUT2D eigenvalue weighted by Crippen LogP contribution is 2.33. The van der Waals surface area contributed by atoms with E-state index in [1.54, 1.807) is 0 Å². The number of fused-ring (bicyclic) bond motifs is 1. The van der Waals surface area contributed by atoms with Crippen molar-refractivity contribution in [3.63, 3.8) is 0 Å². The van der Waals surface area contributed by atoms with Crippen molar-refractivity contribution in [2.75, 3.05) is 6.61 Å². The van der Waals surface area contributed by atoms with E-state index >= 15 is 0 Å². The van der Waals surface area contributed by atoms with Gasteiger partial charge in [0.05, 0.1) is 24.2 Å². The molecule has 2 atom stereocenters. The first-order valence-corrected chi connectivity index (χ1v) is 13.3. The number of aromatic amines is 1. The van der Waals surface area contributed by atoms with Crippen LogP contribution in [0.3, 0.4) is 0 Å². The number of nitrogens with one attached hydrogen (secondary N) is 1. The molecule has 3 aromatic rings. The number of hydrogen-bond acceptors (Lipinski definition) is 6. The van der Waals surface area contributed by atoms with Crippen molar-refractivity contribution in [2.24, 2.45) is 0 Å². The first-order chi connectivity index (χ1) is 17.0. The van der Waals surface area contributed by atoms with Gasteiger partial charge in [0.15, 0.2) is 5.82 Å². The van der Waals surface area contributed by atoms with E-state index in [0.717, 1.165) is 66.6 Å². The molecule has 8 nitrogen and oxygen atoms in total. The van der Waals surface area contributed by atoms with E-state index in [-0.39, 0.29) is 17.7 Å². The van der Waals surface area contributed by atoms with E-state index in [2.05, 4.69) is 64.4 Å². The maximum absolute atomic E-state index is 13.2. The molecule has 3 heterocycles. The van der Waals surface area contributed by atoms with Gasteiger partial charge in [-0.1, -0.05) is 37.8 Å². The highest BCUT2D eigenvalue weighted by atomic mass is 16.5. The lowest BCUT2D eigenvalue weighted by molar-refractivity contribution is 0.0734. The van der Waals surface area contributed by atoms with Gasteiger partial charge in [-0.3, -0.25) is 9.69 Å². The minimum Gasteiger partial charge on any atom is -0.376 e. The predicted molar refractivity (Wildman–Crippen MR) is 136 cm³/mol. The lowest BCUT2D eigenvalue weighted by atomic mass is 9.92.